The fourth-order valence-corrected chi connectivity index (χ4v) is 5.13. The zero-order valence-electron chi connectivity index (χ0n) is 17.7. The van der Waals surface area contributed by atoms with Crippen molar-refractivity contribution in [1.82, 2.24) is 15.0 Å². The number of thioether (sulfide) groups is 1. The first-order valence-electron chi connectivity index (χ1n) is 10.1. The van der Waals surface area contributed by atoms with Crippen molar-refractivity contribution in [3.05, 3.63) is 44.9 Å². The Morgan fingerprint density at radius 2 is 2.13 bits per heavy atom. The molecule has 8 nitrogen and oxygen atoms in total. The van der Waals surface area contributed by atoms with Crippen LogP contribution in [-0.4, -0.2) is 52.4 Å². The highest BCUT2D eigenvalue weighted by molar-refractivity contribution is 7.99. The number of nitrogens with one attached hydrogen (secondary N) is 2. The molecule has 31 heavy (non-hydrogen) atoms. The largest absolute Gasteiger partial charge is 0.378 e. The molecular formula is C21H25N5O3S2. The number of pyridine rings is 1. The van der Waals surface area contributed by atoms with Crippen molar-refractivity contribution >= 4 is 50.7 Å². The molecular weight excluding hydrogens is 434 g/mol. The van der Waals surface area contributed by atoms with E-state index in [1.807, 2.05) is 32.9 Å². The molecule has 0 spiro atoms. The van der Waals surface area contributed by atoms with Crippen molar-refractivity contribution in [2.45, 2.75) is 31.8 Å². The van der Waals surface area contributed by atoms with Gasteiger partial charge in [-0.1, -0.05) is 0 Å². The number of aromatic amines is 1. The molecule has 1 aliphatic heterocycles. The van der Waals surface area contributed by atoms with Crippen LogP contribution in [0.5, 0.6) is 0 Å². The molecule has 2 N–H and O–H groups in total. The van der Waals surface area contributed by atoms with Crippen LogP contribution in [0.3, 0.4) is 0 Å². The number of ether oxygens (including phenoxy) is 1. The number of aromatic nitrogens is 3. The van der Waals surface area contributed by atoms with Crippen molar-refractivity contribution in [2.75, 3.05) is 36.5 Å². The summed E-state index contributed by atoms with van der Waals surface area (Å²) in [4.78, 5) is 40.9. The first-order valence-corrected chi connectivity index (χ1v) is 12.0. The van der Waals surface area contributed by atoms with Crippen LogP contribution in [-0.2, 0) is 15.3 Å². The highest BCUT2D eigenvalue weighted by Gasteiger charge is 2.17. The molecule has 0 bridgehead atoms. The third-order valence-electron chi connectivity index (χ3n) is 5.28. The highest BCUT2D eigenvalue weighted by atomic mass is 32.2. The lowest BCUT2D eigenvalue weighted by Crippen LogP contribution is -2.36. The second kappa shape index (κ2) is 9.37. The van der Waals surface area contributed by atoms with E-state index in [1.54, 1.807) is 6.20 Å². The molecule has 0 aromatic carbocycles. The zero-order valence-corrected chi connectivity index (χ0v) is 19.4. The molecule has 1 atom stereocenters. The number of thiophene rings is 1. The lowest BCUT2D eigenvalue weighted by molar-refractivity contribution is -0.115. The number of hydrogen-bond donors (Lipinski definition) is 2. The number of hydrogen-bond acceptors (Lipinski definition) is 8. The lowest BCUT2D eigenvalue weighted by atomic mass is 10.2. The predicted molar refractivity (Wildman–Crippen MR) is 126 cm³/mol. The second-order valence-electron chi connectivity index (χ2n) is 7.42. The summed E-state index contributed by atoms with van der Waals surface area (Å²) in [5.74, 6) is 1.80. The first kappa shape index (κ1) is 21.8. The minimum absolute atomic E-state index is 0.114. The summed E-state index contributed by atoms with van der Waals surface area (Å²) in [5, 5.41) is 3.25. The molecule has 4 rings (SSSR count). The fourth-order valence-electron chi connectivity index (χ4n) is 3.33. The summed E-state index contributed by atoms with van der Waals surface area (Å²) in [7, 11) is 0. The van der Waals surface area contributed by atoms with Gasteiger partial charge in [0, 0.05) is 18.0 Å². The Labute approximate surface area is 188 Å². The Kier molecular flexibility index (Phi) is 6.59. The van der Waals surface area contributed by atoms with Gasteiger partial charge in [-0.3, -0.25) is 9.59 Å². The third-order valence-corrected chi connectivity index (χ3v) is 7.53. The summed E-state index contributed by atoms with van der Waals surface area (Å²) < 4.78 is 5.36. The Bertz CT molecular complexity index is 1140. The molecule has 164 valence electrons. The van der Waals surface area contributed by atoms with E-state index in [4.69, 9.17) is 4.74 Å². The van der Waals surface area contributed by atoms with Gasteiger partial charge in [-0.15, -0.1) is 23.1 Å². The van der Waals surface area contributed by atoms with E-state index in [0.717, 1.165) is 34.2 Å². The van der Waals surface area contributed by atoms with Crippen LogP contribution in [0.25, 0.3) is 10.2 Å². The zero-order chi connectivity index (χ0) is 22.0. The van der Waals surface area contributed by atoms with Gasteiger partial charge in [-0.05, 0) is 38.5 Å². The smallest absolute Gasteiger partial charge is 0.259 e. The van der Waals surface area contributed by atoms with E-state index in [9.17, 15) is 9.59 Å². The Morgan fingerprint density at radius 3 is 2.84 bits per heavy atom. The summed E-state index contributed by atoms with van der Waals surface area (Å²) in [6.07, 6.45) is 1.68. The molecule has 0 aliphatic carbocycles. The van der Waals surface area contributed by atoms with Gasteiger partial charge in [0.25, 0.3) is 5.56 Å². The average Bonchev–Trinajstić information content (AvgIpc) is 3.07. The third kappa shape index (κ3) is 4.91. The van der Waals surface area contributed by atoms with Gasteiger partial charge in [0.15, 0.2) is 0 Å². The molecule has 1 unspecified atom stereocenters. The summed E-state index contributed by atoms with van der Waals surface area (Å²) >= 11 is 2.95. The molecule has 3 aromatic heterocycles. The van der Waals surface area contributed by atoms with Gasteiger partial charge in [0.05, 0.1) is 41.5 Å². The van der Waals surface area contributed by atoms with Crippen LogP contribution in [0, 0.1) is 13.8 Å². The summed E-state index contributed by atoms with van der Waals surface area (Å²) in [6.45, 7) is 8.81. The number of aryl methyl sites for hydroxylation is 2. The average molecular weight is 460 g/mol. The van der Waals surface area contributed by atoms with Gasteiger partial charge in [-0.25, -0.2) is 9.97 Å². The lowest BCUT2D eigenvalue weighted by Gasteiger charge is -2.27. The Hall–Kier alpha value is -2.43. The normalized spacial score (nSPS) is 15.3. The number of morpholine rings is 1. The maximum Gasteiger partial charge on any atom is 0.259 e. The van der Waals surface area contributed by atoms with Gasteiger partial charge in [0.2, 0.25) is 5.91 Å². The molecule has 0 saturated carbocycles. The van der Waals surface area contributed by atoms with Crippen LogP contribution in [0.15, 0.2) is 23.1 Å². The van der Waals surface area contributed by atoms with Crippen LogP contribution >= 0.6 is 23.1 Å². The van der Waals surface area contributed by atoms with E-state index in [0.29, 0.717) is 35.9 Å². The van der Waals surface area contributed by atoms with Gasteiger partial charge < -0.3 is 19.9 Å². The minimum Gasteiger partial charge on any atom is -0.378 e. The van der Waals surface area contributed by atoms with Crippen LogP contribution in [0.4, 0.5) is 11.5 Å². The van der Waals surface area contributed by atoms with E-state index < -0.39 is 0 Å². The standard InChI is InChI=1S/C21H25N5O3S2/c1-12-13(2)31-21-18(12)20(28)24-16(25-21)11-30-14(3)19(27)23-15-4-5-17(22-10-15)26-6-8-29-9-7-26/h4-5,10,14H,6-9,11H2,1-3H3,(H,23,27)(H,24,25,28). The second-order valence-corrected chi connectivity index (χ2v) is 9.96. The SMILES string of the molecule is Cc1sc2nc(CSC(C)C(=O)Nc3ccc(N4CCOCC4)nc3)[nH]c(=O)c2c1C. The molecule has 1 saturated heterocycles. The molecule has 3 aromatic rings. The van der Waals surface area contributed by atoms with E-state index >= 15 is 0 Å². The number of nitrogens with zero attached hydrogens (tertiary/aromatic N) is 3. The summed E-state index contributed by atoms with van der Waals surface area (Å²) in [6, 6.07) is 3.77. The van der Waals surface area contributed by atoms with E-state index in [1.165, 1.54) is 23.1 Å². The van der Waals surface area contributed by atoms with Gasteiger partial charge in [0.1, 0.15) is 16.5 Å². The van der Waals surface area contributed by atoms with Crippen LogP contribution in [0.1, 0.15) is 23.2 Å². The number of amides is 1. The van der Waals surface area contributed by atoms with Crippen molar-refractivity contribution in [1.29, 1.82) is 0 Å². The van der Waals surface area contributed by atoms with Crippen molar-refractivity contribution in [2.24, 2.45) is 0 Å². The van der Waals surface area contributed by atoms with Crippen LogP contribution in [0.2, 0.25) is 0 Å². The molecule has 10 heteroatoms. The maximum atomic E-state index is 12.6. The predicted octanol–water partition coefficient (Wildman–Crippen LogP) is 3.09. The van der Waals surface area contributed by atoms with Crippen molar-refractivity contribution in [3.63, 3.8) is 0 Å². The number of fused-ring (bicyclic) bond motifs is 1. The topological polar surface area (TPSA) is 100 Å². The minimum atomic E-state index is -0.313. The Balaban J connectivity index is 1.34. The maximum absolute atomic E-state index is 12.6. The van der Waals surface area contributed by atoms with Gasteiger partial charge >= 0.3 is 0 Å². The summed E-state index contributed by atoms with van der Waals surface area (Å²) in [5.41, 5.74) is 1.52. The molecule has 1 fully saturated rings. The van der Waals surface area contributed by atoms with E-state index in [-0.39, 0.29) is 16.7 Å². The Morgan fingerprint density at radius 1 is 1.35 bits per heavy atom. The number of rotatable bonds is 6. The van der Waals surface area contributed by atoms with Crippen molar-refractivity contribution in [3.8, 4) is 0 Å². The van der Waals surface area contributed by atoms with Gasteiger partial charge in [-0.2, -0.15) is 0 Å². The molecule has 1 aliphatic rings. The van der Waals surface area contributed by atoms with Crippen molar-refractivity contribution < 1.29 is 9.53 Å². The van der Waals surface area contributed by atoms with E-state index in [2.05, 4.69) is 25.2 Å². The number of H-pyrrole nitrogens is 1. The van der Waals surface area contributed by atoms with Crippen LogP contribution < -0.4 is 15.8 Å². The number of carbonyl (C=O) groups is 1. The monoisotopic (exact) mass is 459 g/mol. The number of anilines is 2. The highest BCUT2D eigenvalue weighted by Crippen LogP contribution is 2.26. The first-order chi connectivity index (χ1) is 14.9. The molecule has 1 amide bonds. The molecule has 4 heterocycles. The fraction of sp³-hybridized carbons (Fsp3) is 0.429. The number of carbonyl (C=O) groups excluding carboxylic acids is 1. The molecule has 0 radical (unpaired) electrons. The quantitative estimate of drug-likeness (QED) is 0.584.